The summed E-state index contributed by atoms with van der Waals surface area (Å²) >= 11 is 1.49. The zero-order chi connectivity index (χ0) is 21.3. The number of primary amides is 1. The van der Waals surface area contributed by atoms with Crippen LogP contribution in [0, 0.1) is 11.3 Å². The standard InChI is InChI=1S/C23H30N2O3S/c1-13(2)28-16-9-6-14(7-10-16)21(27)25-22-19(20(24)26)17-11-8-15(23(3,4)5)12-18(17)29-22/h6-7,9-10,13,15H,8,11-12H2,1-5H3,(H2,24,26)(H,25,27)/t15-/m1/s1. The number of carbonyl (C=O) groups excluding carboxylic acids is 2. The third kappa shape index (κ3) is 4.81. The molecule has 156 valence electrons. The third-order valence-corrected chi connectivity index (χ3v) is 6.62. The van der Waals surface area contributed by atoms with E-state index in [0.29, 0.717) is 27.8 Å². The fourth-order valence-corrected chi connectivity index (χ4v) is 5.13. The number of fused-ring (bicyclic) bond motifs is 1. The summed E-state index contributed by atoms with van der Waals surface area (Å²) in [4.78, 5) is 26.1. The van der Waals surface area contributed by atoms with Crippen LogP contribution in [0.25, 0.3) is 0 Å². The molecular weight excluding hydrogens is 384 g/mol. The maximum atomic E-state index is 12.8. The highest BCUT2D eigenvalue weighted by Gasteiger charge is 2.33. The minimum absolute atomic E-state index is 0.0714. The first-order valence-electron chi connectivity index (χ1n) is 10.1. The van der Waals surface area contributed by atoms with E-state index in [0.717, 1.165) is 24.8 Å². The van der Waals surface area contributed by atoms with E-state index in [1.54, 1.807) is 24.3 Å². The van der Waals surface area contributed by atoms with Gasteiger partial charge >= 0.3 is 0 Å². The fraction of sp³-hybridized carbons (Fsp3) is 0.478. The van der Waals surface area contributed by atoms with Crippen LogP contribution in [0.1, 0.15) is 72.2 Å². The second kappa shape index (κ2) is 8.19. The smallest absolute Gasteiger partial charge is 0.256 e. The predicted molar refractivity (Wildman–Crippen MR) is 118 cm³/mol. The van der Waals surface area contributed by atoms with Gasteiger partial charge in [0.15, 0.2) is 0 Å². The summed E-state index contributed by atoms with van der Waals surface area (Å²) < 4.78 is 5.62. The van der Waals surface area contributed by atoms with Gasteiger partial charge in [-0.25, -0.2) is 0 Å². The number of ether oxygens (including phenoxy) is 1. The molecule has 0 unspecified atom stereocenters. The van der Waals surface area contributed by atoms with Crippen molar-refractivity contribution in [1.82, 2.24) is 0 Å². The summed E-state index contributed by atoms with van der Waals surface area (Å²) in [5.74, 6) is 0.530. The zero-order valence-corrected chi connectivity index (χ0v) is 18.6. The molecule has 1 atom stereocenters. The van der Waals surface area contributed by atoms with E-state index in [1.807, 2.05) is 13.8 Å². The average molecular weight is 415 g/mol. The summed E-state index contributed by atoms with van der Waals surface area (Å²) in [5, 5.41) is 3.48. The minimum atomic E-state index is -0.479. The first kappa shape index (κ1) is 21.4. The first-order chi connectivity index (χ1) is 13.6. The number of hydrogen-bond donors (Lipinski definition) is 2. The molecule has 1 aliphatic carbocycles. The number of hydrogen-bond acceptors (Lipinski definition) is 4. The van der Waals surface area contributed by atoms with Gasteiger partial charge in [-0.15, -0.1) is 11.3 Å². The van der Waals surface area contributed by atoms with Crippen molar-refractivity contribution >= 4 is 28.2 Å². The van der Waals surface area contributed by atoms with Crippen molar-refractivity contribution in [1.29, 1.82) is 0 Å². The monoisotopic (exact) mass is 414 g/mol. The second-order valence-corrected chi connectivity index (χ2v) is 10.1. The number of anilines is 1. The Kier molecular flexibility index (Phi) is 6.03. The lowest BCUT2D eigenvalue weighted by Gasteiger charge is -2.33. The first-order valence-corrected chi connectivity index (χ1v) is 10.9. The Labute approximate surface area is 176 Å². The molecule has 6 heteroatoms. The molecule has 0 saturated heterocycles. The molecule has 1 aromatic carbocycles. The lowest BCUT2D eigenvalue weighted by molar-refractivity contribution is 0.1000. The predicted octanol–water partition coefficient (Wildman–Crippen LogP) is 5.04. The summed E-state index contributed by atoms with van der Waals surface area (Å²) in [6.07, 6.45) is 2.84. The molecule has 0 aliphatic heterocycles. The number of nitrogens with two attached hydrogens (primary N) is 1. The number of carbonyl (C=O) groups is 2. The molecule has 1 heterocycles. The highest BCUT2D eigenvalue weighted by molar-refractivity contribution is 7.17. The van der Waals surface area contributed by atoms with E-state index in [-0.39, 0.29) is 17.4 Å². The Bertz CT molecular complexity index is 907. The fourth-order valence-electron chi connectivity index (χ4n) is 3.81. The Morgan fingerprint density at radius 3 is 2.41 bits per heavy atom. The van der Waals surface area contributed by atoms with E-state index >= 15 is 0 Å². The summed E-state index contributed by atoms with van der Waals surface area (Å²) in [5.41, 5.74) is 7.89. The van der Waals surface area contributed by atoms with Crippen LogP contribution < -0.4 is 15.8 Å². The van der Waals surface area contributed by atoms with Crippen molar-refractivity contribution in [3.8, 4) is 5.75 Å². The maximum absolute atomic E-state index is 12.8. The molecule has 0 saturated carbocycles. The minimum Gasteiger partial charge on any atom is -0.491 e. The molecule has 0 radical (unpaired) electrons. The topological polar surface area (TPSA) is 81.4 Å². The maximum Gasteiger partial charge on any atom is 0.256 e. The van der Waals surface area contributed by atoms with Gasteiger partial charge in [-0.2, -0.15) is 0 Å². The molecule has 0 spiro atoms. The van der Waals surface area contributed by atoms with Crippen LogP contribution in [0.15, 0.2) is 24.3 Å². The van der Waals surface area contributed by atoms with Gasteiger partial charge in [-0.3, -0.25) is 9.59 Å². The van der Waals surface area contributed by atoms with Gasteiger partial charge in [0.25, 0.3) is 11.8 Å². The van der Waals surface area contributed by atoms with E-state index in [4.69, 9.17) is 10.5 Å². The molecule has 2 amide bonds. The van der Waals surface area contributed by atoms with Gasteiger partial charge in [-0.1, -0.05) is 20.8 Å². The van der Waals surface area contributed by atoms with E-state index in [1.165, 1.54) is 16.2 Å². The quantitative estimate of drug-likeness (QED) is 0.719. The van der Waals surface area contributed by atoms with Crippen molar-refractivity contribution in [3.63, 3.8) is 0 Å². The van der Waals surface area contributed by atoms with Crippen molar-refractivity contribution in [2.75, 3.05) is 5.32 Å². The number of rotatable bonds is 5. The van der Waals surface area contributed by atoms with Crippen LogP contribution in [0.5, 0.6) is 5.75 Å². The number of benzene rings is 1. The molecular formula is C23H30N2O3S. The van der Waals surface area contributed by atoms with Crippen molar-refractivity contribution in [2.24, 2.45) is 17.1 Å². The summed E-state index contributed by atoms with van der Waals surface area (Å²) in [6, 6.07) is 6.99. The summed E-state index contributed by atoms with van der Waals surface area (Å²) in [7, 11) is 0. The molecule has 2 aromatic rings. The molecule has 0 bridgehead atoms. The number of amides is 2. The SMILES string of the molecule is CC(C)Oc1ccc(C(=O)Nc2sc3c(c2C(N)=O)CC[C@@H](C(C)(C)C)C3)cc1. The largest absolute Gasteiger partial charge is 0.491 e. The lowest BCUT2D eigenvalue weighted by atomic mass is 9.72. The average Bonchev–Trinajstić information content (AvgIpc) is 2.98. The van der Waals surface area contributed by atoms with Gasteiger partial charge in [0.05, 0.1) is 11.7 Å². The number of nitrogens with one attached hydrogen (secondary N) is 1. The van der Waals surface area contributed by atoms with Crippen LogP contribution in [0.3, 0.4) is 0 Å². The van der Waals surface area contributed by atoms with Crippen LogP contribution >= 0.6 is 11.3 Å². The molecule has 1 aliphatic rings. The molecule has 3 rings (SSSR count). The second-order valence-electron chi connectivity index (χ2n) is 9.02. The van der Waals surface area contributed by atoms with Crippen molar-refractivity contribution in [2.45, 2.75) is 60.0 Å². The van der Waals surface area contributed by atoms with Gasteiger partial charge in [-0.05, 0) is 74.3 Å². The zero-order valence-electron chi connectivity index (χ0n) is 17.8. The Balaban J connectivity index is 1.83. The van der Waals surface area contributed by atoms with Crippen LogP contribution in [0.4, 0.5) is 5.00 Å². The van der Waals surface area contributed by atoms with E-state index in [9.17, 15) is 9.59 Å². The van der Waals surface area contributed by atoms with E-state index in [2.05, 4.69) is 26.1 Å². The molecule has 29 heavy (non-hydrogen) atoms. The Hall–Kier alpha value is -2.34. The highest BCUT2D eigenvalue weighted by atomic mass is 32.1. The third-order valence-electron chi connectivity index (χ3n) is 5.45. The number of thiophene rings is 1. The highest BCUT2D eigenvalue weighted by Crippen LogP contribution is 2.44. The van der Waals surface area contributed by atoms with Crippen molar-refractivity contribution < 1.29 is 14.3 Å². The van der Waals surface area contributed by atoms with E-state index < -0.39 is 5.91 Å². The van der Waals surface area contributed by atoms with Crippen LogP contribution in [0.2, 0.25) is 0 Å². The van der Waals surface area contributed by atoms with Crippen molar-refractivity contribution in [3.05, 3.63) is 45.8 Å². The summed E-state index contributed by atoms with van der Waals surface area (Å²) in [6.45, 7) is 10.7. The Morgan fingerprint density at radius 1 is 1.21 bits per heavy atom. The lowest BCUT2D eigenvalue weighted by Crippen LogP contribution is -2.27. The Morgan fingerprint density at radius 2 is 1.86 bits per heavy atom. The van der Waals surface area contributed by atoms with Gasteiger partial charge < -0.3 is 15.8 Å². The molecule has 3 N–H and O–H groups in total. The van der Waals surface area contributed by atoms with Gasteiger partial charge in [0, 0.05) is 10.4 Å². The molecule has 0 fully saturated rings. The van der Waals surface area contributed by atoms with Gasteiger partial charge in [0.1, 0.15) is 10.8 Å². The normalized spacial score (nSPS) is 16.4. The molecule has 5 nitrogen and oxygen atoms in total. The molecule has 1 aromatic heterocycles. The van der Waals surface area contributed by atoms with Crippen LogP contribution in [-0.2, 0) is 12.8 Å². The van der Waals surface area contributed by atoms with Gasteiger partial charge in [0.2, 0.25) is 0 Å². The van der Waals surface area contributed by atoms with Crippen LogP contribution in [-0.4, -0.2) is 17.9 Å².